The van der Waals surface area contributed by atoms with Gasteiger partial charge in [-0.3, -0.25) is 14.9 Å². The Balaban J connectivity index is 1.32. The molecule has 1 aromatic rings. The normalized spacial score (nSPS) is 29.8. The summed E-state index contributed by atoms with van der Waals surface area (Å²) in [5.41, 5.74) is 3.96. The highest BCUT2D eigenvalue weighted by Crippen LogP contribution is 2.43. The molecule has 0 saturated carbocycles. The van der Waals surface area contributed by atoms with Gasteiger partial charge in [0.1, 0.15) is 0 Å². The number of halogens is 1. The topological polar surface area (TPSA) is 31.7 Å². The van der Waals surface area contributed by atoms with Crippen molar-refractivity contribution in [1.82, 2.24) is 14.8 Å². The maximum Gasteiger partial charge on any atom is 0.0613 e. The van der Waals surface area contributed by atoms with Crippen molar-refractivity contribution in [3.63, 3.8) is 0 Å². The molecule has 1 fully saturated rings. The molecule has 3 unspecified atom stereocenters. The first-order valence-corrected chi connectivity index (χ1v) is 11.3. The largest absolute Gasteiger partial charge is 0.300 e. The van der Waals surface area contributed by atoms with Gasteiger partial charge in [0, 0.05) is 74.6 Å². The molecule has 2 aliphatic heterocycles. The number of rotatable bonds is 4. The molecule has 3 heterocycles. The predicted octanol–water partition coefficient (Wildman–Crippen LogP) is 4.36. The van der Waals surface area contributed by atoms with Crippen LogP contribution < -0.4 is 0 Å². The number of aryl methyl sites for hydroxylation is 1. The Hall–Kier alpha value is -1.75. The fourth-order valence-corrected chi connectivity index (χ4v) is 5.53. The first-order valence-electron chi connectivity index (χ1n) is 11.0. The molecule has 3 atom stereocenters. The van der Waals surface area contributed by atoms with Gasteiger partial charge in [0.2, 0.25) is 0 Å². The highest BCUT2D eigenvalue weighted by atomic mass is 35.5. The van der Waals surface area contributed by atoms with Gasteiger partial charge >= 0.3 is 0 Å². The predicted molar refractivity (Wildman–Crippen MR) is 119 cm³/mol. The van der Waals surface area contributed by atoms with Gasteiger partial charge in [-0.2, -0.15) is 0 Å². The number of nitrogens with zero attached hydrogens (tertiary/aromatic N) is 4. The lowest BCUT2D eigenvalue weighted by molar-refractivity contribution is 0.0686. The van der Waals surface area contributed by atoms with E-state index in [0.717, 1.165) is 63.4 Å². The van der Waals surface area contributed by atoms with Crippen LogP contribution in [0.2, 0.25) is 0 Å². The second-order valence-corrected chi connectivity index (χ2v) is 8.99. The molecule has 0 amide bonds. The zero-order valence-corrected chi connectivity index (χ0v) is 17.6. The first kappa shape index (κ1) is 19.2. The number of pyridine rings is 1. The van der Waals surface area contributed by atoms with Crippen molar-refractivity contribution in [2.24, 2.45) is 16.8 Å². The van der Waals surface area contributed by atoms with Gasteiger partial charge in [0.05, 0.1) is 11.7 Å². The van der Waals surface area contributed by atoms with Gasteiger partial charge in [-0.25, -0.2) is 0 Å². The minimum absolute atomic E-state index is 0.347. The van der Waals surface area contributed by atoms with Gasteiger partial charge in [0.25, 0.3) is 0 Å². The summed E-state index contributed by atoms with van der Waals surface area (Å²) in [5.74, 6) is 0.954. The van der Waals surface area contributed by atoms with Crippen LogP contribution in [0.1, 0.15) is 36.6 Å². The minimum atomic E-state index is 0.347. The Morgan fingerprint density at radius 3 is 2.90 bits per heavy atom. The number of hydrogen-bond donors (Lipinski definition) is 0. The zero-order valence-electron chi connectivity index (χ0n) is 16.9. The molecule has 0 N–H and O–H groups in total. The van der Waals surface area contributed by atoms with Crippen LogP contribution in [0.3, 0.4) is 0 Å². The Bertz CT molecular complexity index is 863. The summed E-state index contributed by atoms with van der Waals surface area (Å²) in [6.07, 6.45) is 17.3. The van der Waals surface area contributed by atoms with E-state index in [9.17, 15) is 0 Å². The fourth-order valence-electron chi connectivity index (χ4n) is 5.30. The Morgan fingerprint density at radius 2 is 2.07 bits per heavy atom. The third-order valence-corrected chi connectivity index (χ3v) is 7.12. The van der Waals surface area contributed by atoms with Crippen molar-refractivity contribution in [3.05, 3.63) is 64.6 Å². The highest BCUT2D eigenvalue weighted by Gasteiger charge is 2.38. The Kier molecular flexibility index (Phi) is 5.67. The maximum absolute atomic E-state index is 6.37. The van der Waals surface area contributed by atoms with Crippen LogP contribution >= 0.6 is 11.6 Å². The molecular formula is C24H29ClN4. The summed E-state index contributed by atoms with van der Waals surface area (Å²) in [6, 6.07) is 4.70. The van der Waals surface area contributed by atoms with Crippen LogP contribution in [0.15, 0.2) is 58.4 Å². The average Bonchev–Trinajstić information content (AvgIpc) is 3.22. The van der Waals surface area contributed by atoms with E-state index in [0.29, 0.717) is 17.9 Å². The van der Waals surface area contributed by atoms with Crippen molar-refractivity contribution in [2.45, 2.75) is 31.7 Å². The maximum atomic E-state index is 6.37. The third kappa shape index (κ3) is 4.11. The van der Waals surface area contributed by atoms with Gasteiger partial charge in [-0.05, 0) is 36.5 Å². The van der Waals surface area contributed by atoms with Gasteiger partial charge in [0.15, 0.2) is 0 Å². The lowest BCUT2D eigenvalue weighted by Gasteiger charge is -2.43. The fraction of sp³-hybridized carbons (Fsp3) is 0.500. The number of allylic oxidation sites excluding steroid dienone is 4. The molecule has 5 rings (SSSR count). The summed E-state index contributed by atoms with van der Waals surface area (Å²) in [6.45, 7) is 5.54. The average molecular weight is 409 g/mol. The molecule has 4 nitrogen and oxygen atoms in total. The van der Waals surface area contributed by atoms with E-state index in [2.05, 4.69) is 51.2 Å². The molecule has 1 saturated heterocycles. The number of aliphatic imine (C=N–C) groups is 1. The molecule has 0 radical (unpaired) electrons. The van der Waals surface area contributed by atoms with Crippen LogP contribution in [0.4, 0.5) is 0 Å². The lowest BCUT2D eigenvalue weighted by atomic mass is 9.80. The van der Waals surface area contributed by atoms with Crippen LogP contribution in [-0.4, -0.2) is 53.7 Å². The second-order valence-electron chi connectivity index (χ2n) is 8.55. The highest BCUT2D eigenvalue weighted by molar-refractivity contribution is 6.31. The number of hydrogen-bond acceptors (Lipinski definition) is 4. The summed E-state index contributed by atoms with van der Waals surface area (Å²) in [4.78, 5) is 14.6. The van der Waals surface area contributed by atoms with Crippen molar-refractivity contribution < 1.29 is 0 Å². The van der Waals surface area contributed by atoms with E-state index in [1.54, 1.807) is 0 Å². The van der Waals surface area contributed by atoms with E-state index in [-0.39, 0.29) is 0 Å². The van der Waals surface area contributed by atoms with E-state index in [1.165, 1.54) is 17.0 Å². The second kappa shape index (κ2) is 8.55. The lowest BCUT2D eigenvalue weighted by Crippen LogP contribution is -2.49. The molecular weight excluding hydrogens is 380 g/mol. The smallest absolute Gasteiger partial charge is 0.0613 e. The number of piperazine rings is 1. The van der Waals surface area contributed by atoms with Crippen LogP contribution in [0.25, 0.3) is 0 Å². The summed E-state index contributed by atoms with van der Waals surface area (Å²) >= 11 is 6.37. The molecule has 29 heavy (non-hydrogen) atoms. The monoisotopic (exact) mass is 408 g/mol. The van der Waals surface area contributed by atoms with Gasteiger partial charge in [-0.1, -0.05) is 35.9 Å². The number of aromatic nitrogens is 1. The summed E-state index contributed by atoms with van der Waals surface area (Å²) < 4.78 is 0. The van der Waals surface area contributed by atoms with Crippen LogP contribution in [0.5, 0.6) is 0 Å². The van der Waals surface area contributed by atoms with E-state index in [1.807, 2.05) is 12.4 Å². The zero-order chi connectivity index (χ0) is 19.6. The molecule has 0 bridgehead atoms. The molecule has 0 aromatic carbocycles. The summed E-state index contributed by atoms with van der Waals surface area (Å²) in [5, 5.41) is 0.887. The Morgan fingerprint density at radius 1 is 1.17 bits per heavy atom. The summed E-state index contributed by atoms with van der Waals surface area (Å²) in [7, 11) is 0. The van der Waals surface area contributed by atoms with Gasteiger partial charge < -0.3 is 4.90 Å². The van der Waals surface area contributed by atoms with Crippen molar-refractivity contribution in [2.75, 3.05) is 32.7 Å². The van der Waals surface area contributed by atoms with Crippen LogP contribution in [-0.2, 0) is 6.42 Å². The van der Waals surface area contributed by atoms with Crippen molar-refractivity contribution >= 4 is 17.8 Å². The number of fused-ring (bicyclic) bond motifs is 2. The molecule has 5 heteroatoms. The van der Waals surface area contributed by atoms with Crippen LogP contribution in [0, 0.1) is 11.8 Å². The molecule has 2 aliphatic carbocycles. The Labute approximate surface area is 178 Å². The SMILES string of the molecule is ClC1=CC2CCc3cccnc3C(N3CCN(CCC4=CCC=N4)CC3)C2C=C1. The van der Waals surface area contributed by atoms with E-state index in [4.69, 9.17) is 16.6 Å². The van der Waals surface area contributed by atoms with E-state index < -0.39 is 0 Å². The minimum Gasteiger partial charge on any atom is -0.300 e. The standard InChI is InChI=1S/C24H29ClN4/c25-20-7-8-22-19(17-20)6-5-18-3-1-11-27-23(18)24(22)29-15-13-28(14-16-29)12-9-21-4-2-10-26-21/h1,3-4,7-8,10-11,17,19,22,24H,2,5-6,9,12-16H2. The molecule has 1 aromatic heterocycles. The molecule has 152 valence electrons. The first-order chi connectivity index (χ1) is 14.3. The van der Waals surface area contributed by atoms with Crippen molar-refractivity contribution in [1.29, 1.82) is 0 Å². The van der Waals surface area contributed by atoms with Gasteiger partial charge in [-0.15, -0.1) is 0 Å². The molecule has 0 spiro atoms. The van der Waals surface area contributed by atoms with Crippen molar-refractivity contribution in [3.8, 4) is 0 Å². The molecule has 4 aliphatic rings. The van der Waals surface area contributed by atoms with E-state index >= 15 is 0 Å². The quantitative estimate of drug-likeness (QED) is 0.741. The third-order valence-electron chi connectivity index (χ3n) is 6.86.